The number of carbonyl (C=O) groups excluding carboxylic acids is 2. The predicted molar refractivity (Wildman–Crippen MR) is 142 cm³/mol. The van der Waals surface area contributed by atoms with E-state index in [1.807, 2.05) is 54.2 Å². The molecule has 9 nitrogen and oxygen atoms in total. The first-order valence-corrected chi connectivity index (χ1v) is 11.8. The van der Waals surface area contributed by atoms with Crippen molar-refractivity contribution < 1.29 is 19.1 Å². The number of carbonyl (C=O) groups is 2. The number of nitrogens with zero attached hydrogens (tertiary/aromatic N) is 2. The molecule has 36 heavy (non-hydrogen) atoms. The molecule has 3 N–H and O–H groups in total. The highest BCUT2D eigenvalue weighted by Crippen LogP contribution is 2.33. The Balaban J connectivity index is 1.46. The predicted octanol–water partition coefficient (Wildman–Crippen LogP) is 3.06. The lowest BCUT2D eigenvalue weighted by atomic mass is 9.95. The molecule has 0 aliphatic carbocycles. The van der Waals surface area contributed by atoms with Crippen molar-refractivity contribution in [2.75, 3.05) is 13.2 Å². The summed E-state index contributed by atoms with van der Waals surface area (Å²) in [6.07, 6.45) is 3.55. The normalized spacial score (nSPS) is 15.5. The van der Waals surface area contributed by atoms with E-state index in [0.717, 1.165) is 16.5 Å². The number of hydrogen-bond acceptors (Lipinski definition) is 6. The van der Waals surface area contributed by atoms with Gasteiger partial charge >= 0.3 is 5.97 Å². The fraction of sp³-hybridized carbons (Fsp3) is 0.231. The molecule has 1 amide bonds. The monoisotopic (exact) mass is 505 g/mol. The number of esters is 1. The third-order valence-corrected chi connectivity index (χ3v) is 5.89. The van der Waals surface area contributed by atoms with Gasteiger partial charge in [-0.2, -0.15) is 5.10 Å². The van der Waals surface area contributed by atoms with E-state index in [9.17, 15) is 9.59 Å². The number of rotatable bonds is 8. The van der Waals surface area contributed by atoms with Crippen molar-refractivity contribution in [2.24, 2.45) is 12.1 Å². The number of thiocarbonyl (C=S) groups is 1. The number of aryl methyl sites for hydroxylation is 1. The highest BCUT2D eigenvalue weighted by atomic mass is 32.1. The third kappa shape index (κ3) is 5.38. The van der Waals surface area contributed by atoms with Gasteiger partial charge in [0.15, 0.2) is 11.7 Å². The molecule has 0 radical (unpaired) electrons. The molecule has 4 rings (SSSR count). The van der Waals surface area contributed by atoms with Gasteiger partial charge in [-0.1, -0.05) is 36.4 Å². The summed E-state index contributed by atoms with van der Waals surface area (Å²) < 4.78 is 13.1. The molecule has 0 bridgehead atoms. The summed E-state index contributed by atoms with van der Waals surface area (Å²) in [5, 5.41) is 11.6. The Morgan fingerprint density at radius 1 is 1.19 bits per heavy atom. The average Bonchev–Trinajstić information content (AvgIpc) is 3.18. The van der Waals surface area contributed by atoms with Crippen LogP contribution in [0.25, 0.3) is 10.9 Å². The molecule has 0 unspecified atom stereocenters. The van der Waals surface area contributed by atoms with E-state index in [-0.39, 0.29) is 13.2 Å². The summed E-state index contributed by atoms with van der Waals surface area (Å²) in [6, 6.07) is 14.5. The number of allylic oxidation sites excluding steroid dienone is 1. The third-order valence-electron chi connectivity index (χ3n) is 5.67. The standard InChI is InChI=1S/C26H27N5O4S/c1-4-34-25(33)23-16(2)28-26(36)29-24(23)19-10-6-8-12-21(19)35-15-22(32)30-27-13-17-14-31(3)20-11-7-5-9-18(17)20/h5-14,24H,4,15H2,1-3H3,(H,30,32)(H2,28,29,36)/t24-/m1/s1. The van der Waals surface area contributed by atoms with Gasteiger partial charge in [-0.3, -0.25) is 4.79 Å². The van der Waals surface area contributed by atoms with Gasteiger partial charge in [0, 0.05) is 41.0 Å². The number of para-hydroxylation sites is 2. The molecule has 1 aliphatic heterocycles. The molecule has 0 spiro atoms. The van der Waals surface area contributed by atoms with E-state index < -0.39 is 17.9 Å². The van der Waals surface area contributed by atoms with Crippen molar-refractivity contribution >= 4 is 46.3 Å². The van der Waals surface area contributed by atoms with Crippen LogP contribution in [0.3, 0.4) is 0 Å². The summed E-state index contributed by atoms with van der Waals surface area (Å²) >= 11 is 5.30. The maximum atomic E-state index is 12.7. The number of aromatic nitrogens is 1. The zero-order valence-corrected chi connectivity index (χ0v) is 21.0. The topological polar surface area (TPSA) is 106 Å². The molecule has 0 fully saturated rings. The van der Waals surface area contributed by atoms with E-state index in [0.29, 0.717) is 27.7 Å². The summed E-state index contributed by atoms with van der Waals surface area (Å²) in [5.74, 6) is -0.451. The summed E-state index contributed by atoms with van der Waals surface area (Å²) in [7, 11) is 1.96. The minimum Gasteiger partial charge on any atom is -0.483 e. The largest absolute Gasteiger partial charge is 0.483 e. The molecule has 0 saturated carbocycles. The maximum Gasteiger partial charge on any atom is 0.338 e. The van der Waals surface area contributed by atoms with Crippen molar-refractivity contribution in [1.29, 1.82) is 0 Å². The molecule has 2 aromatic carbocycles. The first-order chi connectivity index (χ1) is 17.4. The van der Waals surface area contributed by atoms with Crippen LogP contribution in [0.4, 0.5) is 0 Å². The van der Waals surface area contributed by atoms with Gasteiger partial charge in [-0.25, -0.2) is 10.2 Å². The first kappa shape index (κ1) is 24.9. The SMILES string of the molecule is CCOC(=O)C1=C(C)NC(=S)N[C@@H]1c1ccccc1OCC(=O)NN=Cc1cn(C)c2ccccc12. The minimum absolute atomic E-state index is 0.240. The van der Waals surface area contributed by atoms with Crippen LogP contribution in [-0.4, -0.2) is 41.0 Å². The quantitative estimate of drug-likeness (QED) is 0.187. The number of ether oxygens (including phenoxy) is 2. The molecular formula is C26H27N5O4S. The number of nitrogens with one attached hydrogen (secondary N) is 3. The van der Waals surface area contributed by atoms with Crippen LogP contribution in [0.1, 0.15) is 31.0 Å². The van der Waals surface area contributed by atoms with Crippen molar-refractivity contribution in [3.63, 3.8) is 0 Å². The average molecular weight is 506 g/mol. The van der Waals surface area contributed by atoms with E-state index >= 15 is 0 Å². The highest BCUT2D eigenvalue weighted by Gasteiger charge is 2.32. The lowest BCUT2D eigenvalue weighted by Crippen LogP contribution is -2.45. The second-order valence-electron chi connectivity index (χ2n) is 8.12. The fourth-order valence-corrected chi connectivity index (χ4v) is 4.35. The molecule has 0 saturated heterocycles. The molecule has 1 aromatic heterocycles. The Morgan fingerprint density at radius 2 is 1.94 bits per heavy atom. The highest BCUT2D eigenvalue weighted by molar-refractivity contribution is 7.80. The molecule has 186 valence electrons. The van der Waals surface area contributed by atoms with Crippen LogP contribution in [0.2, 0.25) is 0 Å². The van der Waals surface area contributed by atoms with Crippen molar-refractivity contribution in [3.05, 3.63) is 77.1 Å². The van der Waals surface area contributed by atoms with Gasteiger partial charge in [0.05, 0.1) is 24.4 Å². The summed E-state index contributed by atoms with van der Waals surface area (Å²) in [6.45, 7) is 3.48. The van der Waals surface area contributed by atoms with Crippen LogP contribution in [0, 0.1) is 0 Å². The second-order valence-corrected chi connectivity index (χ2v) is 8.53. The van der Waals surface area contributed by atoms with Crippen molar-refractivity contribution in [1.82, 2.24) is 20.6 Å². The van der Waals surface area contributed by atoms with Crippen LogP contribution in [-0.2, 0) is 21.4 Å². The Morgan fingerprint density at radius 3 is 2.75 bits per heavy atom. The van der Waals surface area contributed by atoms with E-state index in [4.69, 9.17) is 21.7 Å². The molecule has 1 atom stereocenters. The fourth-order valence-electron chi connectivity index (χ4n) is 4.08. The molecule has 10 heteroatoms. The van der Waals surface area contributed by atoms with Crippen molar-refractivity contribution in [2.45, 2.75) is 19.9 Å². The van der Waals surface area contributed by atoms with E-state index in [2.05, 4.69) is 21.2 Å². The number of amides is 1. The molecule has 3 aromatic rings. The lowest BCUT2D eigenvalue weighted by Gasteiger charge is -2.30. The molecule has 2 heterocycles. The van der Waals surface area contributed by atoms with Gasteiger partial charge < -0.3 is 24.7 Å². The number of hydrazone groups is 1. The number of benzene rings is 2. The zero-order chi connectivity index (χ0) is 25.7. The lowest BCUT2D eigenvalue weighted by molar-refractivity contribution is -0.139. The summed E-state index contributed by atoms with van der Waals surface area (Å²) in [5.41, 5.74) is 6.10. The maximum absolute atomic E-state index is 12.7. The van der Waals surface area contributed by atoms with Gasteiger partial charge in [0.25, 0.3) is 5.91 Å². The van der Waals surface area contributed by atoms with Gasteiger partial charge in [-0.15, -0.1) is 0 Å². The van der Waals surface area contributed by atoms with Crippen LogP contribution < -0.4 is 20.8 Å². The molecular weight excluding hydrogens is 478 g/mol. The molecule has 1 aliphatic rings. The Labute approximate surface area is 214 Å². The first-order valence-electron chi connectivity index (χ1n) is 11.4. The number of fused-ring (bicyclic) bond motifs is 1. The smallest absolute Gasteiger partial charge is 0.338 e. The number of hydrogen-bond donors (Lipinski definition) is 3. The minimum atomic E-state index is -0.596. The van der Waals surface area contributed by atoms with Crippen LogP contribution in [0.5, 0.6) is 5.75 Å². The zero-order valence-electron chi connectivity index (χ0n) is 20.2. The Kier molecular flexibility index (Phi) is 7.65. The van der Waals surface area contributed by atoms with Gasteiger partial charge in [-0.05, 0) is 38.2 Å². The van der Waals surface area contributed by atoms with Crippen LogP contribution >= 0.6 is 12.2 Å². The van der Waals surface area contributed by atoms with Gasteiger partial charge in [0.1, 0.15) is 5.75 Å². The van der Waals surface area contributed by atoms with Crippen LogP contribution in [0.15, 0.2) is 71.1 Å². The Bertz CT molecular complexity index is 1380. The van der Waals surface area contributed by atoms with E-state index in [1.54, 1.807) is 32.2 Å². The summed E-state index contributed by atoms with van der Waals surface area (Å²) in [4.78, 5) is 25.1. The second kappa shape index (κ2) is 11.0. The van der Waals surface area contributed by atoms with Crippen molar-refractivity contribution in [3.8, 4) is 5.75 Å². The van der Waals surface area contributed by atoms with Gasteiger partial charge in [0.2, 0.25) is 0 Å². The van der Waals surface area contributed by atoms with E-state index in [1.165, 1.54) is 0 Å². The Hall–Kier alpha value is -4.18.